The Morgan fingerprint density at radius 1 is 1.18 bits per heavy atom. The largest absolute Gasteiger partial charge is 0.465 e. The summed E-state index contributed by atoms with van der Waals surface area (Å²) in [4.78, 5) is 43.5. The number of rotatable bonds is 9. The van der Waals surface area contributed by atoms with Crippen LogP contribution in [0.4, 0.5) is 4.79 Å². The molecule has 0 bridgehead atoms. The molecular weight excluding hydrogens is 230 g/mol. The Hall–Kier alpha value is -1.76. The number of nitrogens with one attached hydrogen (secondary N) is 1. The van der Waals surface area contributed by atoms with Crippen molar-refractivity contribution in [2.24, 2.45) is 0 Å². The Bertz CT molecular complexity index is 312. The molecule has 96 valence electrons. The summed E-state index contributed by atoms with van der Waals surface area (Å²) in [5.74, 6) is -2.78. The van der Waals surface area contributed by atoms with Gasteiger partial charge in [0.15, 0.2) is 0 Å². The minimum atomic E-state index is -1.20. The first-order valence-corrected chi connectivity index (χ1v) is 5.14. The predicted octanol–water partition coefficient (Wildman–Crippen LogP) is -0.222. The fourth-order valence-corrected chi connectivity index (χ4v) is 0.974. The van der Waals surface area contributed by atoms with Crippen molar-refractivity contribution >= 4 is 23.4 Å². The first kappa shape index (κ1) is 15.2. The lowest BCUT2D eigenvalue weighted by Gasteiger charge is -2.01. The molecule has 0 unspecified atom stereocenters. The second-order valence-electron chi connectivity index (χ2n) is 3.15. The molecule has 1 amide bonds. The molecule has 0 aliphatic rings. The van der Waals surface area contributed by atoms with E-state index in [9.17, 15) is 19.2 Å². The van der Waals surface area contributed by atoms with Gasteiger partial charge < -0.3 is 15.2 Å². The number of hydrogen-bond donors (Lipinski definition) is 2. The molecule has 0 spiro atoms. The van der Waals surface area contributed by atoms with E-state index in [-0.39, 0.29) is 26.0 Å². The van der Waals surface area contributed by atoms with Crippen molar-refractivity contribution < 1.29 is 29.0 Å². The van der Waals surface area contributed by atoms with Crippen molar-refractivity contribution in [3.8, 4) is 0 Å². The Morgan fingerprint density at radius 3 is 2.35 bits per heavy atom. The lowest BCUT2D eigenvalue weighted by molar-refractivity contribution is -0.145. The van der Waals surface area contributed by atoms with Crippen LogP contribution in [0.25, 0.3) is 0 Å². The third-order valence-corrected chi connectivity index (χ3v) is 1.80. The molecule has 0 aromatic rings. The van der Waals surface area contributed by atoms with E-state index in [1.54, 1.807) is 6.92 Å². The van der Waals surface area contributed by atoms with E-state index in [1.807, 2.05) is 5.32 Å². The number of carbonyl (C=O) groups excluding carboxylic acids is 3. The minimum absolute atomic E-state index is 0.0635. The van der Waals surface area contributed by atoms with Gasteiger partial charge in [-0.05, 0) is 13.3 Å². The van der Waals surface area contributed by atoms with E-state index in [1.165, 1.54) is 0 Å². The molecule has 0 aromatic carbocycles. The molecule has 0 saturated heterocycles. The van der Waals surface area contributed by atoms with E-state index in [4.69, 9.17) is 9.84 Å². The van der Waals surface area contributed by atoms with Gasteiger partial charge >= 0.3 is 6.09 Å². The van der Waals surface area contributed by atoms with Crippen LogP contribution in [0.2, 0.25) is 0 Å². The van der Waals surface area contributed by atoms with Crippen LogP contribution in [-0.2, 0) is 19.1 Å². The van der Waals surface area contributed by atoms with Crippen LogP contribution in [-0.4, -0.2) is 48.3 Å². The summed E-state index contributed by atoms with van der Waals surface area (Å²) < 4.78 is 4.71. The fourth-order valence-electron chi connectivity index (χ4n) is 0.974. The Labute approximate surface area is 98.1 Å². The van der Waals surface area contributed by atoms with Gasteiger partial charge in [0, 0.05) is 19.6 Å². The van der Waals surface area contributed by atoms with Crippen molar-refractivity contribution in [1.29, 1.82) is 0 Å². The standard InChI is InChI=1S/C10H15NO6/c1-2-17-6-8(13)9(14)7(12)4-3-5-11-10(15)16/h11H,2-6H2,1H3,(H,15,16). The average molecular weight is 245 g/mol. The monoisotopic (exact) mass is 245 g/mol. The molecule has 0 atom stereocenters. The van der Waals surface area contributed by atoms with Gasteiger partial charge in [-0.2, -0.15) is 0 Å². The molecule has 0 rings (SSSR count). The summed E-state index contributed by atoms with van der Waals surface area (Å²) in [5, 5.41) is 10.3. The van der Waals surface area contributed by atoms with Crippen LogP contribution in [0.15, 0.2) is 0 Å². The first-order chi connectivity index (χ1) is 7.99. The maximum atomic E-state index is 11.2. The highest BCUT2D eigenvalue weighted by Gasteiger charge is 2.21. The Balaban J connectivity index is 3.85. The summed E-state index contributed by atoms with van der Waals surface area (Å²) in [7, 11) is 0. The molecule has 0 aliphatic heterocycles. The van der Waals surface area contributed by atoms with Crippen molar-refractivity contribution in [1.82, 2.24) is 5.32 Å². The van der Waals surface area contributed by atoms with Gasteiger partial charge in [-0.1, -0.05) is 0 Å². The number of amides is 1. The van der Waals surface area contributed by atoms with Gasteiger partial charge in [0.1, 0.15) is 6.61 Å². The summed E-state index contributed by atoms with van der Waals surface area (Å²) in [6, 6.07) is 0. The summed E-state index contributed by atoms with van der Waals surface area (Å²) in [6.45, 7) is 1.62. The van der Waals surface area contributed by atoms with Crippen molar-refractivity contribution in [3.05, 3.63) is 0 Å². The number of carbonyl (C=O) groups is 4. The zero-order chi connectivity index (χ0) is 13.3. The summed E-state index contributed by atoms with van der Waals surface area (Å²) in [6.07, 6.45) is -1.17. The van der Waals surface area contributed by atoms with Crippen LogP contribution in [0.3, 0.4) is 0 Å². The molecule has 0 fully saturated rings. The quantitative estimate of drug-likeness (QED) is 0.330. The van der Waals surface area contributed by atoms with Gasteiger partial charge in [0.05, 0.1) is 0 Å². The maximum absolute atomic E-state index is 11.2. The topological polar surface area (TPSA) is 110 Å². The molecule has 17 heavy (non-hydrogen) atoms. The highest BCUT2D eigenvalue weighted by Crippen LogP contribution is 1.93. The van der Waals surface area contributed by atoms with Crippen molar-refractivity contribution in [2.45, 2.75) is 19.8 Å². The number of ketones is 3. The van der Waals surface area contributed by atoms with Gasteiger partial charge in [-0.15, -0.1) is 0 Å². The molecule has 0 radical (unpaired) electrons. The van der Waals surface area contributed by atoms with E-state index < -0.39 is 30.0 Å². The van der Waals surface area contributed by atoms with Crippen LogP contribution >= 0.6 is 0 Å². The predicted molar refractivity (Wildman–Crippen MR) is 56.8 cm³/mol. The second kappa shape index (κ2) is 8.40. The first-order valence-electron chi connectivity index (χ1n) is 5.14. The molecule has 2 N–H and O–H groups in total. The normalized spacial score (nSPS) is 9.71. The lowest BCUT2D eigenvalue weighted by Crippen LogP contribution is -2.29. The summed E-state index contributed by atoms with van der Waals surface area (Å²) >= 11 is 0. The lowest BCUT2D eigenvalue weighted by atomic mass is 10.1. The number of ether oxygens (including phenoxy) is 1. The minimum Gasteiger partial charge on any atom is -0.465 e. The third kappa shape index (κ3) is 7.18. The van der Waals surface area contributed by atoms with E-state index in [0.717, 1.165) is 0 Å². The molecule has 0 heterocycles. The van der Waals surface area contributed by atoms with Gasteiger partial charge in [0.2, 0.25) is 11.6 Å². The van der Waals surface area contributed by atoms with Gasteiger partial charge in [-0.25, -0.2) is 4.79 Å². The zero-order valence-corrected chi connectivity index (χ0v) is 9.52. The van der Waals surface area contributed by atoms with E-state index in [2.05, 4.69) is 0 Å². The SMILES string of the molecule is CCOCC(=O)C(=O)C(=O)CCCNC(=O)O. The Kier molecular flexibility index (Phi) is 7.53. The summed E-state index contributed by atoms with van der Waals surface area (Å²) in [5.41, 5.74) is 0. The van der Waals surface area contributed by atoms with Crippen LogP contribution in [0, 0.1) is 0 Å². The molecular formula is C10H15NO6. The average Bonchev–Trinajstić information content (AvgIpc) is 2.30. The van der Waals surface area contributed by atoms with E-state index in [0.29, 0.717) is 0 Å². The van der Waals surface area contributed by atoms with Crippen LogP contribution in [0.5, 0.6) is 0 Å². The van der Waals surface area contributed by atoms with Gasteiger partial charge in [0.25, 0.3) is 5.78 Å². The number of hydrogen-bond acceptors (Lipinski definition) is 5. The number of Topliss-reactive ketones (excluding diaryl/α,β-unsaturated/α-hetero) is 3. The second-order valence-corrected chi connectivity index (χ2v) is 3.15. The maximum Gasteiger partial charge on any atom is 0.404 e. The van der Waals surface area contributed by atoms with Crippen LogP contribution < -0.4 is 5.32 Å². The van der Waals surface area contributed by atoms with Gasteiger partial charge in [-0.3, -0.25) is 14.4 Å². The third-order valence-electron chi connectivity index (χ3n) is 1.80. The molecule has 0 saturated carbocycles. The van der Waals surface area contributed by atoms with Crippen molar-refractivity contribution in [2.75, 3.05) is 19.8 Å². The fraction of sp³-hybridized carbons (Fsp3) is 0.600. The van der Waals surface area contributed by atoms with Crippen LogP contribution in [0.1, 0.15) is 19.8 Å². The zero-order valence-electron chi connectivity index (χ0n) is 9.52. The molecule has 7 nitrogen and oxygen atoms in total. The van der Waals surface area contributed by atoms with Crippen molar-refractivity contribution in [3.63, 3.8) is 0 Å². The smallest absolute Gasteiger partial charge is 0.404 e. The molecule has 0 aromatic heterocycles. The highest BCUT2D eigenvalue weighted by atomic mass is 16.5. The highest BCUT2D eigenvalue weighted by molar-refractivity contribution is 6.64. The Morgan fingerprint density at radius 2 is 1.82 bits per heavy atom. The molecule has 7 heteroatoms. The number of carboxylic acid groups (broad SMARTS) is 1. The molecule has 0 aliphatic carbocycles. The van der Waals surface area contributed by atoms with E-state index >= 15 is 0 Å².